The van der Waals surface area contributed by atoms with Gasteiger partial charge in [-0.1, -0.05) is 12.2 Å². The van der Waals surface area contributed by atoms with Gasteiger partial charge in [-0.05, 0) is 0 Å². The van der Waals surface area contributed by atoms with E-state index in [-0.39, 0.29) is 13.2 Å². The zero-order valence-electron chi connectivity index (χ0n) is 11.1. The maximum atomic E-state index is 9.72. The van der Waals surface area contributed by atoms with Gasteiger partial charge in [0.25, 0.3) is 0 Å². The molecule has 8 heteroatoms. The summed E-state index contributed by atoms with van der Waals surface area (Å²) < 4.78 is 4.90. The topological polar surface area (TPSA) is 145 Å². The van der Waals surface area contributed by atoms with E-state index in [2.05, 4.69) is 13.2 Å². The number of aliphatic carboxylic acids is 2. The molecule has 0 aromatic rings. The second kappa shape index (κ2) is 19.6. The zero-order valence-corrected chi connectivity index (χ0v) is 11.1. The van der Waals surface area contributed by atoms with Crippen molar-refractivity contribution < 1.29 is 39.9 Å². The molecule has 0 aromatic heterocycles. The van der Waals surface area contributed by atoms with Crippen LogP contribution in [0.15, 0.2) is 25.3 Å². The molecule has 0 spiro atoms. The van der Waals surface area contributed by atoms with Gasteiger partial charge in [0, 0.05) is 0 Å². The number of carboxylic acids is 2. The Balaban J connectivity index is -0.000000234. The lowest BCUT2D eigenvalue weighted by atomic mass is 10.3. The maximum absolute atomic E-state index is 9.72. The number of carbonyl (C=O) groups is 2. The molecule has 0 saturated heterocycles. The lowest BCUT2D eigenvalue weighted by Gasteiger charge is -1.97. The summed E-state index contributed by atoms with van der Waals surface area (Å²) in [6, 6.07) is 0. The Bertz CT molecular complexity index is 254. The van der Waals surface area contributed by atoms with Crippen LogP contribution in [-0.4, -0.2) is 70.0 Å². The minimum Gasteiger partial charge on any atom is -0.481 e. The van der Waals surface area contributed by atoms with Crippen LogP contribution in [0, 0.1) is 0 Å². The van der Waals surface area contributed by atoms with Crippen molar-refractivity contribution in [2.75, 3.05) is 26.4 Å². The normalized spacial score (nSPS) is 9.95. The fourth-order valence-electron chi connectivity index (χ4n) is 0.487. The lowest BCUT2D eigenvalue weighted by Crippen LogP contribution is -2.22. The quantitative estimate of drug-likeness (QED) is 0.290. The fourth-order valence-corrected chi connectivity index (χ4v) is 0.487. The molecular weight excluding hydrogens is 272 g/mol. The first-order valence-corrected chi connectivity index (χ1v) is 5.51. The summed E-state index contributed by atoms with van der Waals surface area (Å²) in [6.07, 6.45) is 0.880. The molecule has 118 valence electrons. The van der Waals surface area contributed by atoms with Crippen LogP contribution in [-0.2, 0) is 14.3 Å². The van der Waals surface area contributed by atoms with E-state index in [9.17, 15) is 9.59 Å². The van der Waals surface area contributed by atoms with Crippen molar-refractivity contribution >= 4 is 11.9 Å². The van der Waals surface area contributed by atoms with Crippen molar-refractivity contribution in [2.45, 2.75) is 12.5 Å². The van der Waals surface area contributed by atoms with Gasteiger partial charge in [0.1, 0.15) is 0 Å². The van der Waals surface area contributed by atoms with E-state index in [1.807, 2.05) is 0 Å². The third kappa shape index (κ3) is 29.9. The van der Waals surface area contributed by atoms with Gasteiger partial charge in [0.2, 0.25) is 0 Å². The first-order chi connectivity index (χ1) is 9.37. The summed E-state index contributed by atoms with van der Waals surface area (Å²) in [4.78, 5) is 19.4. The minimum absolute atomic E-state index is 0.125. The monoisotopic (exact) mass is 294 g/mol. The molecule has 0 aromatic carbocycles. The highest BCUT2D eigenvalue weighted by atomic mass is 16.5. The highest BCUT2D eigenvalue weighted by Gasteiger charge is 2.16. The Morgan fingerprint density at radius 3 is 1.60 bits per heavy atom. The second-order valence-corrected chi connectivity index (χ2v) is 3.01. The number of aliphatic hydroxyl groups is 3. The van der Waals surface area contributed by atoms with E-state index in [4.69, 9.17) is 30.3 Å². The predicted molar refractivity (Wildman–Crippen MR) is 71.3 cm³/mol. The fraction of sp³-hybridized carbons (Fsp3) is 0.500. The van der Waals surface area contributed by atoms with Crippen molar-refractivity contribution in [3.8, 4) is 0 Å². The Hall–Kier alpha value is -1.74. The van der Waals surface area contributed by atoms with Crippen molar-refractivity contribution in [3.05, 3.63) is 25.3 Å². The molecule has 0 heterocycles. The second-order valence-electron chi connectivity index (χ2n) is 3.01. The zero-order chi connectivity index (χ0) is 16.4. The average Bonchev–Trinajstić information content (AvgIpc) is 2.39. The molecule has 1 atom stereocenters. The molecule has 0 aliphatic carbocycles. The summed E-state index contributed by atoms with van der Waals surface area (Å²) in [5, 5.41) is 39.4. The summed E-state index contributed by atoms with van der Waals surface area (Å²) in [6.45, 7) is 7.93. The average molecular weight is 294 g/mol. The third-order valence-electron chi connectivity index (χ3n) is 1.22. The van der Waals surface area contributed by atoms with Crippen molar-refractivity contribution in [3.63, 3.8) is 0 Å². The molecule has 0 rings (SSSR count). The van der Waals surface area contributed by atoms with Crippen LogP contribution in [0.3, 0.4) is 0 Å². The number of rotatable bonds is 8. The lowest BCUT2D eigenvalue weighted by molar-refractivity contribution is -0.152. The molecule has 8 nitrogen and oxygen atoms in total. The third-order valence-corrected chi connectivity index (χ3v) is 1.22. The minimum atomic E-state index is -1.79. The molecule has 0 amide bonds. The Kier molecular flexibility index (Phi) is 22.9. The molecule has 0 radical (unpaired) electrons. The molecule has 0 aliphatic rings. The van der Waals surface area contributed by atoms with Crippen molar-refractivity contribution in [2.24, 2.45) is 0 Å². The van der Waals surface area contributed by atoms with Crippen LogP contribution in [0.1, 0.15) is 6.42 Å². The van der Waals surface area contributed by atoms with Gasteiger partial charge in [0.15, 0.2) is 6.10 Å². The van der Waals surface area contributed by atoms with Gasteiger partial charge in [0.05, 0.1) is 32.8 Å². The SMILES string of the molecule is C=CCOCC=C.O=C(O)CC(O)C(=O)O.OCCO. The number of ether oxygens (including phenoxy) is 1. The molecule has 5 N–H and O–H groups in total. The molecule has 20 heavy (non-hydrogen) atoms. The van der Waals surface area contributed by atoms with Gasteiger partial charge < -0.3 is 30.3 Å². The van der Waals surface area contributed by atoms with E-state index in [1.165, 1.54) is 0 Å². The summed E-state index contributed by atoms with van der Waals surface area (Å²) in [5.41, 5.74) is 0. The molecule has 0 aliphatic heterocycles. The first kappa shape index (κ1) is 23.4. The Morgan fingerprint density at radius 2 is 1.45 bits per heavy atom. The van der Waals surface area contributed by atoms with E-state index < -0.39 is 24.5 Å². The molecule has 0 bridgehead atoms. The highest BCUT2D eigenvalue weighted by molar-refractivity contribution is 5.79. The molecule has 0 saturated carbocycles. The van der Waals surface area contributed by atoms with E-state index in [0.29, 0.717) is 13.2 Å². The van der Waals surface area contributed by atoms with Crippen LogP contribution in [0.4, 0.5) is 0 Å². The number of hydrogen-bond donors (Lipinski definition) is 5. The van der Waals surface area contributed by atoms with Crippen LogP contribution in [0.25, 0.3) is 0 Å². The molecular formula is C12H22O8. The van der Waals surface area contributed by atoms with Crippen LogP contribution < -0.4 is 0 Å². The Labute approximate surface area is 117 Å². The van der Waals surface area contributed by atoms with Crippen molar-refractivity contribution in [1.82, 2.24) is 0 Å². The van der Waals surface area contributed by atoms with Gasteiger partial charge in [-0.15, -0.1) is 13.2 Å². The summed E-state index contributed by atoms with van der Waals surface area (Å²) in [7, 11) is 0. The summed E-state index contributed by atoms with van der Waals surface area (Å²) in [5.74, 6) is -2.85. The number of aliphatic hydroxyl groups excluding tert-OH is 3. The van der Waals surface area contributed by atoms with Crippen LogP contribution >= 0.6 is 0 Å². The summed E-state index contributed by atoms with van der Waals surface area (Å²) >= 11 is 0. The van der Waals surface area contributed by atoms with Gasteiger partial charge in [-0.25, -0.2) is 4.79 Å². The van der Waals surface area contributed by atoms with Crippen molar-refractivity contribution in [1.29, 1.82) is 0 Å². The standard InChI is InChI=1S/C6H10O.C4H6O5.C2H6O2/c1-3-5-7-6-4-2;5-2(4(8)9)1-3(6)7;3-1-2-4/h3-4H,1-2,5-6H2;2,5H,1H2,(H,6,7)(H,8,9);3-4H,1-2H2. The predicted octanol–water partition coefficient (Wildman–Crippen LogP) is -0.747. The van der Waals surface area contributed by atoms with Gasteiger partial charge in [-0.3, -0.25) is 4.79 Å². The van der Waals surface area contributed by atoms with E-state index in [0.717, 1.165) is 0 Å². The smallest absolute Gasteiger partial charge is 0.333 e. The van der Waals surface area contributed by atoms with Crippen LogP contribution in [0.5, 0.6) is 0 Å². The number of carboxylic acid groups (broad SMARTS) is 2. The maximum Gasteiger partial charge on any atom is 0.333 e. The first-order valence-electron chi connectivity index (χ1n) is 5.51. The van der Waals surface area contributed by atoms with Gasteiger partial charge in [-0.2, -0.15) is 0 Å². The number of hydrogen-bond acceptors (Lipinski definition) is 6. The molecule has 1 unspecified atom stereocenters. The van der Waals surface area contributed by atoms with Gasteiger partial charge >= 0.3 is 11.9 Å². The van der Waals surface area contributed by atoms with E-state index in [1.54, 1.807) is 12.2 Å². The molecule has 0 fully saturated rings. The largest absolute Gasteiger partial charge is 0.481 e. The van der Waals surface area contributed by atoms with E-state index >= 15 is 0 Å². The van der Waals surface area contributed by atoms with Crippen LogP contribution in [0.2, 0.25) is 0 Å². The highest BCUT2D eigenvalue weighted by Crippen LogP contribution is 1.89. The Morgan fingerprint density at radius 1 is 1.05 bits per heavy atom.